The summed E-state index contributed by atoms with van der Waals surface area (Å²) in [6.45, 7) is 0.265. The smallest absolute Gasteiger partial charge is 0.329 e. The summed E-state index contributed by atoms with van der Waals surface area (Å²) >= 11 is 1.35. The lowest BCUT2D eigenvalue weighted by atomic mass is 10.6. The van der Waals surface area contributed by atoms with Crippen molar-refractivity contribution < 1.29 is 9.84 Å². The molecule has 82 valence electrons. The molecule has 1 aliphatic rings. The molecule has 0 amide bonds. The minimum absolute atomic E-state index is 0.0841. The second kappa shape index (κ2) is 4.21. The van der Waals surface area contributed by atoms with Crippen molar-refractivity contribution in [2.24, 2.45) is 0 Å². The van der Waals surface area contributed by atoms with Gasteiger partial charge in [-0.15, -0.1) is 11.8 Å². The van der Waals surface area contributed by atoms with Gasteiger partial charge in [0.1, 0.15) is 10.8 Å². The average molecular weight is 230 g/mol. The van der Waals surface area contributed by atoms with E-state index in [-0.39, 0.29) is 17.4 Å². The first-order chi connectivity index (χ1) is 7.20. The Hall–Kier alpha value is -1.05. The summed E-state index contributed by atoms with van der Waals surface area (Å²) in [7, 11) is 0. The molecule has 2 heterocycles. The molecule has 2 atom stereocenters. The number of hydrogen-bond donors (Lipinski definition) is 2. The number of nitrogens with one attached hydrogen (secondary N) is 1. The maximum absolute atomic E-state index is 11.4. The van der Waals surface area contributed by atoms with Gasteiger partial charge < -0.3 is 9.84 Å². The summed E-state index contributed by atoms with van der Waals surface area (Å²) in [6.07, 6.45) is 1.43. The summed E-state index contributed by atoms with van der Waals surface area (Å²) in [5, 5.41) is 8.66. The number of thioether (sulfide) groups is 1. The molecule has 2 N–H and O–H groups in total. The van der Waals surface area contributed by atoms with Crippen LogP contribution in [0.2, 0.25) is 0 Å². The maximum Gasteiger partial charge on any atom is 0.329 e. The molecule has 6 nitrogen and oxygen atoms in total. The molecule has 1 aliphatic heterocycles. The predicted molar refractivity (Wildman–Crippen MR) is 54.8 cm³/mol. The van der Waals surface area contributed by atoms with Crippen molar-refractivity contribution >= 4 is 11.8 Å². The van der Waals surface area contributed by atoms with E-state index in [2.05, 4.69) is 4.98 Å². The van der Waals surface area contributed by atoms with Gasteiger partial charge >= 0.3 is 5.69 Å². The Morgan fingerprint density at radius 1 is 1.67 bits per heavy atom. The van der Waals surface area contributed by atoms with Crippen LogP contribution >= 0.6 is 11.8 Å². The zero-order valence-corrected chi connectivity index (χ0v) is 8.57. The SMILES string of the molecule is O=c1ccn([C@@H]2COC(CO)S2)c(=O)[nH]1. The summed E-state index contributed by atoms with van der Waals surface area (Å²) in [4.78, 5) is 24.4. The maximum atomic E-state index is 11.4. The molecule has 0 bridgehead atoms. The topological polar surface area (TPSA) is 84.3 Å². The Kier molecular flexibility index (Phi) is 2.94. The van der Waals surface area contributed by atoms with Gasteiger partial charge in [-0.05, 0) is 0 Å². The van der Waals surface area contributed by atoms with Crippen LogP contribution in [0.25, 0.3) is 0 Å². The highest BCUT2D eigenvalue weighted by Gasteiger charge is 2.27. The van der Waals surface area contributed by atoms with Gasteiger partial charge in [-0.25, -0.2) is 4.79 Å². The molecule has 1 fully saturated rings. The number of aromatic amines is 1. The molecule has 0 radical (unpaired) electrons. The van der Waals surface area contributed by atoms with Gasteiger partial charge in [-0.1, -0.05) is 0 Å². The van der Waals surface area contributed by atoms with E-state index in [4.69, 9.17) is 9.84 Å². The van der Waals surface area contributed by atoms with Crippen LogP contribution in [-0.2, 0) is 4.74 Å². The Labute approximate surface area is 88.9 Å². The van der Waals surface area contributed by atoms with Crippen molar-refractivity contribution in [3.05, 3.63) is 33.1 Å². The van der Waals surface area contributed by atoms with Gasteiger partial charge in [0.15, 0.2) is 0 Å². The van der Waals surface area contributed by atoms with Crippen molar-refractivity contribution in [2.75, 3.05) is 13.2 Å². The van der Waals surface area contributed by atoms with Crippen molar-refractivity contribution in [1.82, 2.24) is 9.55 Å². The molecule has 15 heavy (non-hydrogen) atoms. The lowest BCUT2D eigenvalue weighted by molar-refractivity contribution is 0.0803. The number of hydrogen-bond acceptors (Lipinski definition) is 5. The predicted octanol–water partition coefficient (Wildman–Crippen LogP) is -0.883. The van der Waals surface area contributed by atoms with Gasteiger partial charge in [0, 0.05) is 12.3 Å². The Balaban J connectivity index is 2.24. The van der Waals surface area contributed by atoms with Gasteiger partial charge in [0.2, 0.25) is 0 Å². The molecular weight excluding hydrogens is 220 g/mol. The van der Waals surface area contributed by atoms with E-state index >= 15 is 0 Å². The van der Waals surface area contributed by atoms with Gasteiger partial charge in [0.05, 0.1) is 13.2 Å². The van der Waals surface area contributed by atoms with E-state index in [0.29, 0.717) is 6.61 Å². The Morgan fingerprint density at radius 3 is 3.07 bits per heavy atom. The van der Waals surface area contributed by atoms with Crippen LogP contribution in [0.1, 0.15) is 5.37 Å². The molecule has 2 rings (SSSR count). The Morgan fingerprint density at radius 2 is 2.47 bits per heavy atom. The second-order valence-electron chi connectivity index (χ2n) is 3.05. The fraction of sp³-hybridized carbons (Fsp3) is 0.500. The first-order valence-corrected chi connectivity index (χ1v) is 5.34. The lowest BCUT2D eigenvalue weighted by Gasteiger charge is -2.09. The fourth-order valence-corrected chi connectivity index (χ4v) is 2.39. The van der Waals surface area contributed by atoms with E-state index in [0.717, 1.165) is 0 Å². The molecule has 1 aromatic heterocycles. The largest absolute Gasteiger partial charge is 0.393 e. The molecule has 0 aromatic carbocycles. The van der Waals surface area contributed by atoms with Crippen LogP contribution in [0.3, 0.4) is 0 Å². The first kappa shape index (κ1) is 10.5. The highest BCUT2D eigenvalue weighted by Crippen LogP contribution is 2.33. The van der Waals surface area contributed by atoms with E-state index in [1.165, 1.54) is 28.6 Å². The monoisotopic (exact) mass is 230 g/mol. The average Bonchev–Trinajstić information content (AvgIpc) is 2.66. The number of aliphatic hydroxyl groups excluding tert-OH is 1. The number of aromatic nitrogens is 2. The van der Waals surface area contributed by atoms with Gasteiger partial charge in [0.25, 0.3) is 5.56 Å². The standard InChI is InChI=1S/C8H10N2O4S/c11-3-7-14-4-6(15-7)10-2-1-5(12)9-8(10)13/h1-2,6-7,11H,3-4H2,(H,9,12,13)/t6-,7?/m0/s1. The number of aliphatic hydroxyl groups is 1. The van der Waals surface area contributed by atoms with Crippen LogP contribution in [0, 0.1) is 0 Å². The Bertz CT molecular complexity index is 454. The lowest BCUT2D eigenvalue weighted by Crippen LogP contribution is -2.30. The van der Waals surface area contributed by atoms with Crippen molar-refractivity contribution in [3.8, 4) is 0 Å². The number of ether oxygens (including phenoxy) is 1. The number of nitrogens with zero attached hydrogens (tertiary/aromatic N) is 1. The molecule has 0 spiro atoms. The minimum atomic E-state index is -0.456. The highest BCUT2D eigenvalue weighted by atomic mass is 32.2. The summed E-state index contributed by atoms with van der Waals surface area (Å²) in [6, 6.07) is 1.29. The molecule has 0 aliphatic carbocycles. The first-order valence-electron chi connectivity index (χ1n) is 4.40. The third-order valence-corrected chi connectivity index (χ3v) is 3.31. The van der Waals surface area contributed by atoms with Crippen molar-refractivity contribution in [2.45, 2.75) is 10.8 Å². The summed E-state index contributed by atoms with van der Waals surface area (Å²) in [5.41, 5.74) is -1.17. The number of H-pyrrole nitrogens is 1. The fourth-order valence-electron chi connectivity index (χ4n) is 1.34. The zero-order valence-electron chi connectivity index (χ0n) is 7.75. The highest BCUT2D eigenvalue weighted by molar-refractivity contribution is 8.00. The summed E-state index contributed by atoms with van der Waals surface area (Å²) < 4.78 is 6.61. The molecule has 1 aromatic rings. The van der Waals surface area contributed by atoms with Gasteiger partial charge in [-0.2, -0.15) is 0 Å². The van der Waals surface area contributed by atoms with Crippen LogP contribution < -0.4 is 11.2 Å². The normalized spacial score (nSPS) is 25.7. The third kappa shape index (κ3) is 2.14. The minimum Gasteiger partial charge on any atom is -0.393 e. The van der Waals surface area contributed by atoms with Crippen molar-refractivity contribution in [3.63, 3.8) is 0 Å². The molecule has 0 saturated carbocycles. The quantitative estimate of drug-likeness (QED) is 0.689. The van der Waals surface area contributed by atoms with E-state index in [9.17, 15) is 9.59 Å². The third-order valence-electron chi connectivity index (χ3n) is 2.04. The molecule has 1 saturated heterocycles. The van der Waals surface area contributed by atoms with Crippen LogP contribution in [0.15, 0.2) is 21.9 Å². The van der Waals surface area contributed by atoms with Crippen molar-refractivity contribution in [1.29, 1.82) is 0 Å². The van der Waals surface area contributed by atoms with Crippen LogP contribution in [-0.4, -0.2) is 33.3 Å². The van der Waals surface area contributed by atoms with Crippen LogP contribution in [0.4, 0.5) is 0 Å². The molecular formula is C8H10N2O4S. The van der Waals surface area contributed by atoms with Gasteiger partial charge in [-0.3, -0.25) is 14.3 Å². The van der Waals surface area contributed by atoms with E-state index < -0.39 is 11.2 Å². The zero-order chi connectivity index (χ0) is 10.8. The second-order valence-corrected chi connectivity index (χ2v) is 4.40. The van der Waals surface area contributed by atoms with E-state index in [1.54, 1.807) is 0 Å². The summed E-state index contributed by atoms with van der Waals surface area (Å²) in [5.74, 6) is 0. The van der Waals surface area contributed by atoms with E-state index in [1.807, 2.05) is 0 Å². The van der Waals surface area contributed by atoms with Crippen LogP contribution in [0.5, 0.6) is 0 Å². The number of rotatable bonds is 2. The molecule has 1 unspecified atom stereocenters. The molecule has 7 heteroatoms.